The van der Waals surface area contributed by atoms with Gasteiger partial charge in [-0.25, -0.2) is 0 Å². The number of hydrogen-bond acceptors (Lipinski definition) is 3. The summed E-state index contributed by atoms with van der Waals surface area (Å²) < 4.78 is 6.45. The van der Waals surface area contributed by atoms with Gasteiger partial charge < -0.3 is 9.53 Å². The molecule has 0 amide bonds. The Morgan fingerprint density at radius 1 is 1.33 bits per heavy atom. The molecule has 0 radical (unpaired) electrons. The van der Waals surface area contributed by atoms with Crippen LogP contribution in [-0.2, 0) is 16.0 Å². The maximum absolute atomic E-state index is 10.1. The molecule has 78 valence electrons. The van der Waals surface area contributed by atoms with E-state index in [1.165, 1.54) is 15.6 Å². The number of carbonyl (C=O) groups excluding carboxylic acids is 1. The summed E-state index contributed by atoms with van der Waals surface area (Å²) in [7, 11) is 0. The number of thiophene rings is 1. The van der Waals surface area contributed by atoms with Crippen LogP contribution in [0.1, 0.15) is 5.56 Å². The van der Waals surface area contributed by atoms with E-state index >= 15 is 0 Å². The molecule has 0 saturated carbocycles. The second-order valence-electron chi connectivity index (χ2n) is 3.25. The van der Waals surface area contributed by atoms with Crippen molar-refractivity contribution >= 4 is 27.7 Å². The minimum atomic E-state index is 0.196. The first-order chi connectivity index (χ1) is 7.42. The number of fused-ring (bicyclic) bond motifs is 1. The highest BCUT2D eigenvalue weighted by Crippen LogP contribution is 2.25. The normalized spacial score (nSPS) is 10.7. The van der Waals surface area contributed by atoms with Crippen molar-refractivity contribution in [3.8, 4) is 0 Å². The molecule has 0 bridgehead atoms. The number of benzene rings is 1. The molecule has 0 spiro atoms. The van der Waals surface area contributed by atoms with Crippen LogP contribution in [0.4, 0.5) is 0 Å². The van der Waals surface area contributed by atoms with E-state index in [-0.39, 0.29) is 6.61 Å². The minimum absolute atomic E-state index is 0.196. The Labute approximate surface area is 92.5 Å². The zero-order valence-electron chi connectivity index (χ0n) is 8.31. The number of hydrogen-bond donors (Lipinski definition) is 0. The molecular formula is C12H12O2S. The standard InChI is InChI=1S/C12H12O2S/c13-6-8-14-7-5-10-9-15-12-4-2-1-3-11(10)12/h1-4,6,9H,5,7-8H2. The molecule has 1 aromatic heterocycles. The highest BCUT2D eigenvalue weighted by molar-refractivity contribution is 7.17. The first-order valence-electron chi connectivity index (χ1n) is 4.88. The van der Waals surface area contributed by atoms with Gasteiger partial charge in [-0.05, 0) is 28.8 Å². The summed E-state index contributed by atoms with van der Waals surface area (Å²) >= 11 is 1.75. The lowest BCUT2D eigenvalue weighted by atomic mass is 10.1. The van der Waals surface area contributed by atoms with Crippen molar-refractivity contribution in [1.82, 2.24) is 0 Å². The van der Waals surface area contributed by atoms with Gasteiger partial charge in [-0.3, -0.25) is 0 Å². The van der Waals surface area contributed by atoms with E-state index in [1.807, 2.05) is 12.1 Å². The quantitative estimate of drug-likeness (QED) is 0.572. The van der Waals surface area contributed by atoms with Crippen LogP contribution in [0.5, 0.6) is 0 Å². The Hall–Kier alpha value is -1.19. The topological polar surface area (TPSA) is 26.3 Å². The molecule has 0 saturated heterocycles. The Kier molecular flexibility index (Phi) is 3.48. The fraction of sp³-hybridized carbons (Fsp3) is 0.250. The lowest BCUT2D eigenvalue weighted by Gasteiger charge is -1.99. The molecule has 0 aliphatic carbocycles. The summed E-state index contributed by atoms with van der Waals surface area (Å²) in [5.41, 5.74) is 1.31. The van der Waals surface area contributed by atoms with Crippen LogP contribution in [-0.4, -0.2) is 19.5 Å². The minimum Gasteiger partial charge on any atom is -0.374 e. The summed E-state index contributed by atoms with van der Waals surface area (Å²) in [4.78, 5) is 10.1. The molecule has 0 aliphatic rings. The van der Waals surface area contributed by atoms with Crippen molar-refractivity contribution in [3.63, 3.8) is 0 Å². The molecule has 2 nitrogen and oxygen atoms in total. The third-order valence-corrected chi connectivity index (χ3v) is 3.28. The van der Waals surface area contributed by atoms with Crippen LogP contribution < -0.4 is 0 Å². The highest BCUT2D eigenvalue weighted by Gasteiger charge is 2.02. The Morgan fingerprint density at radius 2 is 2.20 bits per heavy atom. The van der Waals surface area contributed by atoms with Gasteiger partial charge in [-0.15, -0.1) is 11.3 Å². The molecule has 0 aliphatic heterocycles. The van der Waals surface area contributed by atoms with Crippen molar-refractivity contribution in [2.24, 2.45) is 0 Å². The molecule has 3 heteroatoms. The van der Waals surface area contributed by atoms with Gasteiger partial charge in [0.25, 0.3) is 0 Å². The average Bonchev–Trinajstić information content (AvgIpc) is 2.68. The van der Waals surface area contributed by atoms with Crippen LogP contribution in [0, 0.1) is 0 Å². The zero-order chi connectivity index (χ0) is 10.5. The number of rotatable bonds is 5. The van der Waals surface area contributed by atoms with Crippen LogP contribution in [0.15, 0.2) is 29.6 Å². The number of ether oxygens (including phenoxy) is 1. The molecule has 1 heterocycles. The molecule has 0 N–H and O–H groups in total. The van der Waals surface area contributed by atoms with Crippen molar-refractivity contribution < 1.29 is 9.53 Å². The van der Waals surface area contributed by atoms with E-state index in [2.05, 4.69) is 17.5 Å². The summed E-state index contributed by atoms with van der Waals surface area (Å²) in [5.74, 6) is 0. The van der Waals surface area contributed by atoms with Gasteiger partial charge in [0.2, 0.25) is 0 Å². The van der Waals surface area contributed by atoms with Crippen LogP contribution in [0.3, 0.4) is 0 Å². The average molecular weight is 220 g/mol. The second-order valence-corrected chi connectivity index (χ2v) is 4.16. The van der Waals surface area contributed by atoms with Gasteiger partial charge in [0.15, 0.2) is 0 Å². The monoisotopic (exact) mass is 220 g/mol. The van der Waals surface area contributed by atoms with E-state index in [0.29, 0.717) is 6.61 Å². The SMILES string of the molecule is O=CCOCCc1csc2ccccc12. The van der Waals surface area contributed by atoms with Crippen LogP contribution in [0.2, 0.25) is 0 Å². The van der Waals surface area contributed by atoms with Gasteiger partial charge in [-0.2, -0.15) is 0 Å². The largest absolute Gasteiger partial charge is 0.374 e. The fourth-order valence-corrected chi connectivity index (χ4v) is 2.54. The maximum Gasteiger partial charge on any atom is 0.145 e. The Bertz CT molecular complexity index is 448. The van der Waals surface area contributed by atoms with Crippen molar-refractivity contribution in [2.75, 3.05) is 13.2 Å². The predicted molar refractivity (Wildman–Crippen MR) is 62.4 cm³/mol. The van der Waals surface area contributed by atoms with E-state index in [0.717, 1.165) is 12.7 Å². The predicted octanol–water partition coefficient (Wildman–Crippen LogP) is 2.66. The molecule has 15 heavy (non-hydrogen) atoms. The third-order valence-electron chi connectivity index (χ3n) is 2.26. The number of aldehydes is 1. The lowest BCUT2D eigenvalue weighted by molar-refractivity contribution is -0.111. The van der Waals surface area contributed by atoms with Crippen LogP contribution in [0.25, 0.3) is 10.1 Å². The molecular weight excluding hydrogens is 208 g/mol. The molecule has 0 fully saturated rings. The third kappa shape index (κ3) is 2.43. The molecule has 2 rings (SSSR count). The maximum atomic E-state index is 10.1. The first-order valence-corrected chi connectivity index (χ1v) is 5.76. The van der Waals surface area contributed by atoms with Crippen LogP contribution >= 0.6 is 11.3 Å². The zero-order valence-corrected chi connectivity index (χ0v) is 9.13. The van der Waals surface area contributed by atoms with E-state index in [1.54, 1.807) is 11.3 Å². The highest BCUT2D eigenvalue weighted by atomic mass is 32.1. The molecule has 0 unspecified atom stereocenters. The molecule has 0 atom stereocenters. The second kappa shape index (κ2) is 5.05. The summed E-state index contributed by atoms with van der Waals surface area (Å²) in [6.45, 7) is 0.807. The molecule has 2 aromatic rings. The van der Waals surface area contributed by atoms with E-state index in [9.17, 15) is 4.79 Å². The lowest BCUT2D eigenvalue weighted by Crippen LogP contribution is -2.00. The molecule has 1 aromatic carbocycles. The summed E-state index contributed by atoms with van der Waals surface area (Å²) in [6.07, 6.45) is 1.66. The summed E-state index contributed by atoms with van der Waals surface area (Å²) in [5, 5.41) is 3.46. The van der Waals surface area contributed by atoms with Gasteiger partial charge in [0, 0.05) is 4.70 Å². The smallest absolute Gasteiger partial charge is 0.145 e. The first kappa shape index (κ1) is 10.3. The van der Waals surface area contributed by atoms with Gasteiger partial charge in [0.1, 0.15) is 12.9 Å². The van der Waals surface area contributed by atoms with Gasteiger partial charge in [-0.1, -0.05) is 18.2 Å². The van der Waals surface area contributed by atoms with E-state index in [4.69, 9.17) is 4.74 Å². The fourth-order valence-electron chi connectivity index (χ4n) is 1.54. The van der Waals surface area contributed by atoms with E-state index < -0.39 is 0 Å². The number of carbonyl (C=O) groups is 1. The summed E-state index contributed by atoms with van der Waals surface area (Å²) in [6, 6.07) is 8.34. The Morgan fingerprint density at radius 3 is 3.07 bits per heavy atom. The Balaban J connectivity index is 2.05. The van der Waals surface area contributed by atoms with Crippen molar-refractivity contribution in [1.29, 1.82) is 0 Å². The van der Waals surface area contributed by atoms with Crippen molar-refractivity contribution in [2.45, 2.75) is 6.42 Å². The van der Waals surface area contributed by atoms with Crippen molar-refractivity contribution in [3.05, 3.63) is 35.2 Å². The van der Waals surface area contributed by atoms with Gasteiger partial charge in [0.05, 0.1) is 6.61 Å². The van der Waals surface area contributed by atoms with Gasteiger partial charge >= 0.3 is 0 Å².